The summed E-state index contributed by atoms with van der Waals surface area (Å²) in [6.07, 6.45) is 7.18. The first-order valence-electron chi connectivity index (χ1n) is 10.1. The summed E-state index contributed by atoms with van der Waals surface area (Å²) in [6.45, 7) is 4.25. The van der Waals surface area contributed by atoms with Gasteiger partial charge in [-0.25, -0.2) is 0 Å². The highest BCUT2D eigenvalue weighted by molar-refractivity contribution is 7.12. The molecule has 0 saturated carbocycles. The van der Waals surface area contributed by atoms with Gasteiger partial charge in [0.1, 0.15) is 11.9 Å². The molecular weight excluding hydrogens is 384 g/mol. The fourth-order valence-electron chi connectivity index (χ4n) is 3.80. The van der Waals surface area contributed by atoms with Crippen LogP contribution >= 0.6 is 11.3 Å². The van der Waals surface area contributed by atoms with Gasteiger partial charge in [-0.15, -0.1) is 11.3 Å². The molecule has 1 aliphatic carbocycles. The summed E-state index contributed by atoms with van der Waals surface area (Å²) in [6, 6.07) is 6.20. The Morgan fingerprint density at radius 1 is 1.45 bits per heavy atom. The second-order valence-electron chi connectivity index (χ2n) is 7.67. The number of ether oxygens (including phenoxy) is 1. The van der Waals surface area contributed by atoms with Crippen LogP contribution in [0.25, 0.3) is 0 Å². The Kier molecular flexibility index (Phi) is 7.16. The summed E-state index contributed by atoms with van der Waals surface area (Å²) in [7, 11) is 0. The zero-order valence-corrected chi connectivity index (χ0v) is 17.8. The molecule has 0 amide bonds. The van der Waals surface area contributed by atoms with Gasteiger partial charge in [0.15, 0.2) is 0 Å². The maximum atomic E-state index is 12.7. The van der Waals surface area contributed by atoms with Gasteiger partial charge in [0, 0.05) is 41.4 Å². The van der Waals surface area contributed by atoms with Gasteiger partial charge >= 0.3 is 5.97 Å². The van der Waals surface area contributed by atoms with Gasteiger partial charge in [0.05, 0.1) is 12.2 Å². The maximum absolute atomic E-state index is 12.7. The van der Waals surface area contributed by atoms with E-state index in [0.717, 1.165) is 35.3 Å². The minimum Gasteiger partial charge on any atom is -0.465 e. The molecule has 0 bridgehead atoms. The van der Waals surface area contributed by atoms with Crippen LogP contribution in [0.15, 0.2) is 24.5 Å². The molecular formula is C23H26N2O3S. The van der Waals surface area contributed by atoms with Crippen molar-refractivity contribution in [3.8, 4) is 6.07 Å². The van der Waals surface area contributed by atoms with Gasteiger partial charge in [-0.05, 0) is 48.3 Å². The number of carbonyl (C=O) groups is 2. The zero-order chi connectivity index (χ0) is 20.8. The van der Waals surface area contributed by atoms with Crippen LogP contribution in [-0.2, 0) is 33.6 Å². The van der Waals surface area contributed by atoms with Gasteiger partial charge in [0.2, 0.25) is 0 Å². The normalized spacial score (nSPS) is 16.5. The Bertz CT molecular complexity index is 914. The number of nitriles is 1. The predicted molar refractivity (Wildman–Crippen MR) is 112 cm³/mol. The second kappa shape index (κ2) is 9.80. The number of fused-ring (bicyclic) bond motifs is 1. The molecule has 0 radical (unpaired) electrons. The lowest BCUT2D eigenvalue weighted by molar-refractivity contribution is -0.144. The van der Waals surface area contributed by atoms with Crippen LogP contribution in [0, 0.1) is 17.2 Å². The molecule has 5 nitrogen and oxygen atoms in total. The molecule has 2 atom stereocenters. The molecule has 0 aromatic carbocycles. The van der Waals surface area contributed by atoms with Gasteiger partial charge in [-0.2, -0.15) is 5.26 Å². The highest BCUT2D eigenvalue weighted by Gasteiger charge is 2.27. The molecule has 29 heavy (non-hydrogen) atoms. The molecule has 1 aliphatic rings. The summed E-state index contributed by atoms with van der Waals surface area (Å²) in [5, 5.41) is 9.68. The molecule has 152 valence electrons. The summed E-state index contributed by atoms with van der Waals surface area (Å²) < 4.78 is 5.30. The van der Waals surface area contributed by atoms with Gasteiger partial charge in [-0.3, -0.25) is 14.6 Å². The Balaban J connectivity index is 1.65. The van der Waals surface area contributed by atoms with E-state index in [9.17, 15) is 14.9 Å². The topological polar surface area (TPSA) is 80.1 Å². The van der Waals surface area contributed by atoms with Gasteiger partial charge in [-0.1, -0.05) is 19.9 Å². The number of hydrogen-bond acceptors (Lipinski definition) is 6. The van der Waals surface area contributed by atoms with Crippen LogP contribution in [0.4, 0.5) is 0 Å². The van der Waals surface area contributed by atoms with Gasteiger partial charge < -0.3 is 4.74 Å². The fraction of sp³-hybridized carbons (Fsp3) is 0.478. The molecule has 2 aromatic heterocycles. The van der Waals surface area contributed by atoms with Crippen LogP contribution in [-0.4, -0.2) is 23.3 Å². The summed E-state index contributed by atoms with van der Waals surface area (Å²) in [5.74, 6) is 0.366. The average molecular weight is 411 g/mol. The van der Waals surface area contributed by atoms with Crippen LogP contribution in [0.3, 0.4) is 0 Å². The standard InChI is InChI=1S/C23H26N2O3S/c1-3-23(27)28-14-16-6-7-19-20(12-24)22(29-21(19)10-16)11-18(26)9-15(2)17-5-4-8-25-13-17/h4-5,8,13,15-16H,3,6-7,9-11,14H2,1-2H3. The number of Topliss-reactive ketones (excluding diaryl/α,β-unsaturated/α-hetero) is 1. The van der Waals surface area contributed by atoms with Crippen molar-refractivity contribution in [2.75, 3.05) is 6.61 Å². The Morgan fingerprint density at radius 2 is 2.28 bits per heavy atom. The van der Waals surface area contributed by atoms with Crippen molar-refractivity contribution in [1.82, 2.24) is 4.98 Å². The number of thiophene rings is 1. The summed E-state index contributed by atoms with van der Waals surface area (Å²) >= 11 is 1.59. The first kappa shape index (κ1) is 21.2. The summed E-state index contributed by atoms with van der Waals surface area (Å²) in [4.78, 5) is 30.3. The third-order valence-electron chi connectivity index (χ3n) is 5.47. The van der Waals surface area contributed by atoms with Crippen molar-refractivity contribution < 1.29 is 14.3 Å². The van der Waals surface area contributed by atoms with Gasteiger partial charge in [0.25, 0.3) is 0 Å². The van der Waals surface area contributed by atoms with E-state index in [1.165, 1.54) is 4.88 Å². The van der Waals surface area contributed by atoms with E-state index in [-0.39, 0.29) is 23.6 Å². The quantitative estimate of drug-likeness (QED) is 0.604. The molecule has 0 saturated heterocycles. The number of pyridine rings is 1. The Labute approximate surface area is 175 Å². The Morgan fingerprint density at radius 3 is 2.97 bits per heavy atom. The molecule has 0 spiro atoms. The van der Waals surface area contributed by atoms with Crippen molar-refractivity contribution in [3.05, 3.63) is 51.0 Å². The SMILES string of the molecule is CCC(=O)OCC1CCc2c(sc(CC(=O)CC(C)c3cccnc3)c2C#N)C1. The first-order chi connectivity index (χ1) is 14.0. The third kappa shape index (κ3) is 5.30. The number of aromatic nitrogens is 1. The van der Waals surface area contributed by atoms with Crippen molar-refractivity contribution in [2.45, 2.75) is 58.3 Å². The van der Waals surface area contributed by atoms with E-state index in [4.69, 9.17) is 4.74 Å². The number of ketones is 1. The maximum Gasteiger partial charge on any atom is 0.305 e. The predicted octanol–water partition coefficient (Wildman–Crippen LogP) is 4.38. The van der Waals surface area contributed by atoms with Crippen molar-refractivity contribution in [1.29, 1.82) is 5.26 Å². The molecule has 0 fully saturated rings. The van der Waals surface area contributed by atoms with Crippen LogP contribution < -0.4 is 0 Å². The lowest BCUT2D eigenvalue weighted by Gasteiger charge is -2.21. The van der Waals surface area contributed by atoms with Crippen molar-refractivity contribution in [2.24, 2.45) is 5.92 Å². The average Bonchev–Trinajstić information content (AvgIpc) is 3.08. The summed E-state index contributed by atoms with van der Waals surface area (Å²) in [5.41, 5.74) is 2.84. The van der Waals surface area contributed by atoms with E-state index in [1.807, 2.05) is 19.1 Å². The lowest BCUT2D eigenvalue weighted by atomic mass is 9.87. The number of nitrogens with zero attached hydrogens (tertiary/aromatic N) is 2. The monoisotopic (exact) mass is 410 g/mol. The number of esters is 1. The molecule has 2 heterocycles. The molecule has 3 rings (SSSR count). The second-order valence-corrected chi connectivity index (χ2v) is 8.86. The minimum absolute atomic E-state index is 0.106. The number of carbonyl (C=O) groups excluding carboxylic acids is 2. The number of rotatable bonds is 8. The van der Waals surface area contributed by atoms with E-state index < -0.39 is 0 Å². The molecule has 2 unspecified atom stereocenters. The fourth-order valence-corrected chi connectivity index (χ4v) is 5.25. The first-order valence-corrected chi connectivity index (χ1v) is 10.9. The van der Waals surface area contributed by atoms with Crippen LogP contribution in [0.2, 0.25) is 0 Å². The zero-order valence-electron chi connectivity index (χ0n) is 16.9. The lowest BCUT2D eigenvalue weighted by Crippen LogP contribution is -2.20. The number of hydrogen-bond donors (Lipinski definition) is 0. The van der Waals surface area contributed by atoms with E-state index >= 15 is 0 Å². The van der Waals surface area contributed by atoms with Crippen molar-refractivity contribution in [3.63, 3.8) is 0 Å². The largest absolute Gasteiger partial charge is 0.465 e. The van der Waals surface area contributed by atoms with Crippen molar-refractivity contribution >= 4 is 23.1 Å². The minimum atomic E-state index is -0.172. The highest BCUT2D eigenvalue weighted by atomic mass is 32.1. The van der Waals surface area contributed by atoms with E-state index in [2.05, 4.69) is 11.1 Å². The highest BCUT2D eigenvalue weighted by Crippen LogP contribution is 2.37. The van der Waals surface area contributed by atoms with E-state index in [0.29, 0.717) is 31.4 Å². The van der Waals surface area contributed by atoms with E-state index in [1.54, 1.807) is 30.7 Å². The molecule has 0 N–H and O–H groups in total. The van der Waals surface area contributed by atoms with Crippen LogP contribution in [0.1, 0.15) is 65.5 Å². The van der Waals surface area contributed by atoms with Crippen LogP contribution in [0.5, 0.6) is 0 Å². The molecule has 0 aliphatic heterocycles. The molecule has 6 heteroatoms. The third-order valence-corrected chi connectivity index (χ3v) is 6.72. The molecule has 2 aromatic rings. The Hall–Kier alpha value is -2.52. The smallest absolute Gasteiger partial charge is 0.305 e.